The largest absolute Gasteiger partial charge is 0.465 e. The molecule has 0 spiro atoms. The van der Waals surface area contributed by atoms with Crippen molar-refractivity contribution in [2.75, 3.05) is 26.3 Å². The molecule has 1 fully saturated rings. The lowest BCUT2D eigenvalue weighted by atomic mass is 10.1. The molecule has 0 aliphatic carbocycles. The van der Waals surface area contributed by atoms with E-state index in [9.17, 15) is 4.79 Å². The third-order valence-corrected chi connectivity index (χ3v) is 2.27. The van der Waals surface area contributed by atoms with E-state index in [1.165, 1.54) is 4.90 Å². The van der Waals surface area contributed by atoms with E-state index in [0.29, 0.717) is 26.3 Å². The van der Waals surface area contributed by atoms with Crippen LogP contribution in [0.15, 0.2) is 0 Å². The zero-order valence-corrected chi connectivity index (χ0v) is 8.02. The number of carboxylic acid groups (broad SMARTS) is 1. The van der Waals surface area contributed by atoms with Crippen molar-refractivity contribution in [1.82, 2.24) is 4.90 Å². The number of nitrogens with zero attached hydrogens (tertiary/aromatic N) is 1. The van der Waals surface area contributed by atoms with Crippen molar-refractivity contribution in [2.24, 2.45) is 5.90 Å². The number of hydrogen-bond acceptors (Lipinski definition) is 4. The first kappa shape index (κ1) is 11.2. The minimum Gasteiger partial charge on any atom is -0.465 e. The second-order valence-electron chi connectivity index (χ2n) is 3.21. The lowest BCUT2D eigenvalue weighted by molar-refractivity contribution is -0.0204. The highest BCUT2D eigenvalue weighted by atomic mass is 16.6. The Labute approximate surface area is 82.5 Å². The first-order chi connectivity index (χ1) is 6.74. The van der Waals surface area contributed by atoms with E-state index in [1.54, 1.807) is 0 Å². The Kier molecular flexibility index (Phi) is 4.64. The van der Waals surface area contributed by atoms with Crippen LogP contribution < -0.4 is 5.90 Å². The molecular weight excluding hydrogens is 188 g/mol. The van der Waals surface area contributed by atoms with Crippen LogP contribution in [-0.4, -0.2) is 48.5 Å². The molecule has 1 saturated heterocycles. The molecule has 82 valence electrons. The zero-order chi connectivity index (χ0) is 10.4. The van der Waals surface area contributed by atoms with E-state index in [4.69, 9.17) is 15.7 Å². The summed E-state index contributed by atoms with van der Waals surface area (Å²) in [5.41, 5.74) is 0. The minimum absolute atomic E-state index is 0.140. The van der Waals surface area contributed by atoms with Gasteiger partial charge in [0, 0.05) is 13.1 Å². The van der Waals surface area contributed by atoms with Gasteiger partial charge in [-0.3, -0.25) is 0 Å². The van der Waals surface area contributed by atoms with Crippen LogP contribution in [0.25, 0.3) is 0 Å². The molecule has 6 heteroatoms. The van der Waals surface area contributed by atoms with E-state index in [1.807, 2.05) is 0 Å². The molecule has 1 aliphatic heterocycles. The Hall–Kier alpha value is -0.850. The Morgan fingerprint density at radius 3 is 2.57 bits per heavy atom. The van der Waals surface area contributed by atoms with Crippen molar-refractivity contribution in [3.8, 4) is 0 Å². The summed E-state index contributed by atoms with van der Waals surface area (Å²) < 4.78 is 5.43. The number of ether oxygens (including phenoxy) is 1. The summed E-state index contributed by atoms with van der Waals surface area (Å²) in [4.78, 5) is 16.3. The lowest BCUT2D eigenvalue weighted by Crippen LogP contribution is -2.40. The van der Waals surface area contributed by atoms with Crippen LogP contribution in [-0.2, 0) is 9.57 Å². The van der Waals surface area contributed by atoms with Gasteiger partial charge in [0.05, 0.1) is 19.3 Å². The molecule has 1 amide bonds. The van der Waals surface area contributed by atoms with Gasteiger partial charge in [-0.1, -0.05) is 0 Å². The monoisotopic (exact) mass is 204 g/mol. The molecule has 0 radical (unpaired) electrons. The van der Waals surface area contributed by atoms with Crippen molar-refractivity contribution >= 4 is 6.09 Å². The lowest BCUT2D eigenvalue weighted by Gasteiger charge is -2.29. The van der Waals surface area contributed by atoms with E-state index in [2.05, 4.69) is 4.84 Å². The van der Waals surface area contributed by atoms with Crippen LogP contribution in [0.4, 0.5) is 4.79 Å². The van der Waals surface area contributed by atoms with Crippen LogP contribution >= 0.6 is 0 Å². The summed E-state index contributed by atoms with van der Waals surface area (Å²) in [7, 11) is 0. The summed E-state index contributed by atoms with van der Waals surface area (Å²) in [6, 6.07) is 0. The van der Waals surface area contributed by atoms with Gasteiger partial charge in [-0.05, 0) is 12.8 Å². The smallest absolute Gasteiger partial charge is 0.407 e. The molecule has 0 atom stereocenters. The van der Waals surface area contributed by atoms with Gasteiger partial charge in [0.1, 0.15) is 0 Å². The molecule has 1 aliphatic rings. The number of likely N-dealkylation sites (tertiary alicyclic amines) is 1. The molecule has 0 aromatic heterocycles. The van der Waals surface area contributed by atoms with E-state index in [0.717, 1.165) is 12.8 Å². The number of hydrogen-bond donors (Lipinski definition) is 2. The second kappa shape index (κ2) is 5.79. The fraction of sp³-hybridized carbons (Fsp3) is 0.875. The van der Waals surface area contributed by atoms with Gasteiger partial charge >= 0.3 is 6.09 Å². The molecule has 3 N–H and O–H groups in total. The quantitative estimate of drug-likeness (QED) is 0.498. The summed E-state index contributed by atoms with van der Waals surface area (Å²) >= 11 is 0. The van der Waals surface area contributed by atoms with Gasteiger partial charge in [0.2, 0.25) is 0 Å². The van der Waals surface area contributed by atoms with Gasteiger partial charge in [0.15, 0.2) is 0 Å². The van der Waals surface area contributed by atoms with Crippen LogP contribution in [0.3, 0.4) is 0 Å². The summed E-state index contributed by atoms with van der Waals surface area (Å²) in [5, 5.41) is 8.69. The van der Waals surface area contributed by atoms with E-state index in [-0.39, 0.29) is 6.10 Å². The Bertz CT molecular complexity index is 180. The summed E-state index contributed by atoms with van der Waals surface area (Å²) in [6.07, 6.45) is 0.780. The molecule has 0 aromatic rings. The molecule has 0 unspecified atom stereocenters. The maximum atomic E-state index is 10.6. The summed E-state index contributed by atoms with van der Waals surface area (Å²) in [6.45, 7) is 1.93. The third kappa shape index (κ3) is 3.49. The standard InChI is InChI=1S/C8H16N2O4/c9-14-6-5-13-7-1-3-10(4-2-7)8(11)12/h7H,1-6,9H2,(H,11,12). The normalized spacial score (nSPS) is 18.5. The topological polar surface area (TPSA) is 85.0 Å². The molecule has 1 heterocycles. The third-order valence-electron chi connectivity index (χ3n) is 2.27. The number of piperidine rings is 1. The van der Waals surface area contributed by atoms with E-state index < -0.39 is 6.09 Å². The average Bonchev–Trinajstić information content (AvgIpc) is 2.19. The predicted octanol–water partition coefficient (Wildman–Crippen LogP) is 0.0357. The predicted molar refractivity (Wildman–Crippen MR) is 48.7 cm³/mol. The van der Waals surface area contributed by atoms with Crippen LogP contribution in [0.5, 0.6) is 0 Å². The van der Waals surface area contributed by atoms with Crippen LogP contribution in [0, 0.1) is 0 Å². The Morgan fingerprint density at radius 1 is 1.43 bits per heavy atom. The van der Waals surface area contributed by atoms with Crippen molar-refractivity contribution in [3.63, 3.8) is 0 Å². The summed E-state index contributed by atoms with van der Waals surface area (Å²) in [5.74, 6) is 4.84. The highest BCUT2D eigenvalue weighted by Crippen LogP contribution is 2.13. The SMILES string of the molecule is NOCCOC1CCN(C(=O)O)CC1. The van der Waals surface area contributed by atoms with Gasteiger partial charge in [0.25, 0.3) is 0 Å². The maximum absolute atomic E-state index is 10.6. The van der Waals surface area contributed by atoms with Gasteiger partial charge in [-0.2, -0.15) is 0 Å². The van der Waals surface area contributed by atoms with E-state index >= 15 is 0 Å². The van der Waals surface area contributed by atoms with Gasteiger partial charge in [-0.15, -0.1) is 0 Å². The molecule has 0 bridgehead atoms. The van der Waals surface area contributed by atoms with Crippen molar-refractivity contribution < 1.29 is 19.5 Å². The fourth-order valence-corrected chi connectivity index (χ4v) is 1.48. The number of carbonyl (C=O) groups is 1. The average molecular weight is 204 g/mol. The van der Waals surface area contributed by atoms with Crippen molar-refractivity contribution in [1.29, 1.82) is 0 Å². The first-order valence-corrected chi connectivity index (χ1v) is 4.65. The fourth-order valence-electron chi connectivity index (χ4n) is 1.48. The van der Waals surface area contributed by atoms with Gasteiger partial charge < -0.3 is 19.6 Å². The van der Waals surface area contributed by atoms with Gasteiger partial charge in [-0.25, -0.2) is 10.7 Å². The molecular formula is C8H16N2O4. The molecule has 0 saturated carbocycles. The second-order valence-corrected chi connectivity index (χ2v) is 3.21. The highest BCUT2D eigenvalue weighted by Gasteiger charge is 2.22. The van der Waals surface area contributed by atoms with Crippen LogP contribution in [0.2, 0.25) is 0 Å². The van der Waals surface area contributed by atoms with Crippen molar-refractivity contribution in [3.05, 3.63) is 0 Å². The number of nitrogens with two attached hydrogens (primary N) is 1. The maximum Gasteiger partial charge on any atom is 0.407 e. The Morgan fingerprint density at radius 2 is 2.07 bits per heavy atom. The molecule has 6 nitrogen and oxygen atoms in total. The van der Waals surface area contributed by atoms with Crippen LogP contribution in [0.1, 0.15) is 12.8 Å². The minimum atomic E-state index is -0.853. The zero-order valence-electron chi connectivity index (χ0n) is 8.02. The Balaban J connectivity index is 2.12. The van der Waals surface area contributed by atoms with Crippen molar-refractivity contribution in [2.45, 2.75) is 18.9 Å². The number of amides is 1. The first-order valence-electron chi connectivity index (χ1n) is 4.65. The molecule has 0 aromatic carbocycles. The number of rotatable bonds is 4. The highest BCUT2D eigenvalue weighted by molar-refractivity contribution is 5.64. The molecule has 14 heavy (non-hydrogen) atoms. The molecule has 1 rings (SSSR count).